The molecule has 0 radical (unpaired) electrons. The van der Waals surface area contributed by atoms with E-state index < -0.39 is 14.1 Å². The SMILES string of the molecule is C=Cc1cc(O[Si](c2ccccc2)(c2ccccc2)C(C)(C)C)cc2c1[C@@H]1[C@@H](CC2)[C@@H]2CCC3OCCO[C@]1(O)C[C@]32C. The van der Waals surface area contributed by atoms with Crippen LogP contribution in [0.15, 0.2) is 79.4 Å². The molecule has 6 atom stereocenters. The van der Waals surface area contributed by atoms with Gasteiger partial charge in [-0.05, 0) is 81.8 Å². The van der Waals surface area contributed by atoms with Crippen LogP contribution < -0.4 is 14.8 Å². The van der Waals surface area contributed by atoms with E-state index in [1.165, 1.54) is 21.5 Å². The Morgan fingerprint density at radius 2 is 1.63 bits per heavy atom. The van der Waals surface area contributed by atoms with E-state index in [4.69, 9.17) is 13.9 Å². The zero-order chi connectivity index (χ0) is 30.0. The fourth-order valence-corrected chi connectivity index (χ4v) is 14.1. The van der Waals surface area contributed by atoms with Gasteiger partial charge in [0, 0.05) is 17.8 Å². The van der Waals surface area contributed by atoms with Gasteiger partial charge in [-0.3, -0.25) is 0 Å². The first-order valence-electron chi connectivity index (χ1n) is 16.2. The highest BCUT2D eigenvalue weighted by atomic mass is 28.4. The van der Waals surface area contributed by atoms with E-state index in [9.17, 15) is 5.11 Å². The Kier molecular flexibility index (Phi) is 7.05. The summed E-state index contributed by atoms with van der Waals surface area (Å²) >= 11 is 0. The number of benzene rings is 3. The fourth-order valence-electron chi connectivity index (χ4n) is 9.70. The van der Waals surface area contributed by atoms with Crippen molar-refractivity contribution in [3.63, 3.8) is 0 Å². The van der Waals surface area contributed by atoms with Gasteiger partial charge in [-0.15, -0.1) is 0 Å². The van der Waals surface area contributed by atoms with Gasteiger partial charge in [0.2, 0.25) is 0 Å². The number of rotatable bonds is 5. The second-order valence-electron chi connectivity index (χ2n) is 14.7. The molecule has 0 amide bonds. The molecule has 5 heteroatoms. The standard InChI is InChI=1S/C38H46O4Si/c1-6-26-23-28(42-43(36(2,3)4,29-13-9-7-10-14-29)30-15-11-8-12-16-30)24-27-17-18-31-32-19-20-33-37(32,5)25-38(39,35(31)34(26)27)41-22-21-40-33/h6-16,23-24,31-33,35,39H,1,17-22,25H2,2-5H3/t31-,32-,33?,35-,37-,38+/m0/s1. The highest BCUT2D eigenvalue weighted by Crippen LogP contribution is 2.65. The topological polar surface area (TPSA) is 47.9 Å². The molecule has 3 fully saturated rings. The summed E-state index contributed by atoms with van der Waals surface area (Å²) in [7, 11) is -2.80. The van der Waals surface area contributed by atoms with Gasteiger partial charge in [0.05, 0.1) is 19.3 Å². The van der Waals surface area contributed by atoms with E-state index in [-0.39, 0.29) is 22.5 Å². The third kappa shape index (κ3) is 4.41. The van der Waals surface area contributed by atoms with Gasteiger partial charge < -0.3 is 19.0 Å². The van der Waals surface area contributed by atoms with Crippen LogP contribution >= 0.6 is 0 Å². The third-order valence-corrected chi connectivity index (χ3v) is 16.3. The number of fused-ring (bicyclic) bond motifs is 6. The van der Waals surface area contributed by atoms with E-state index >= 15 is 0 Å². The Morgan fingerprint density at radius 1 is 0.953 bits per heavy atom. The van der Waals surface area contributed by atoms with Crippen molar-refractivity contribution in [3.05, 3.63) is 96.1 Å². The fraction of sp³-hybridized carbons (Fsp3) is 0.474. The molecule has 0 aromatic heterocycles. The van der Waals surface area contributed by atoms with Crippen LogP contribution in [0.3, 0.4) is 0 Å². The number of aliphatic hydroxyl groups is 1. The van der Waals surface area contributed by atoms with Crippen molar-refractivity contribution in [3.8, 4) is 5.75 Å². The van der Waals surface area contributed by atoms with E-state index in [1.54, 1.807) is 0 Å². The van der Waals surface area contributed by atoms with Crippen molar-refractivity contribution in [2.24, 2.45) is 17.3 Å². The highest BCUT2D eigenvalue weighted by molar-refractivity contribution is 7.00. The molecular formula is C38H46O4Si. The van der Waals surface area contributed by atoms with Crippen LogP contribution in [0.2, 0.25) is 5.04 Å². The van der Waals surface area contributed by atoms with Crippen LogP contribution in [0.1, 0.15) is 76.0 Å². The summed E-state index contributed by atoms with van der Waals surface area (Å²) in [6.45, 7) is 14.5. The molecule has 4 nitrogen and oxygen atoms in total. The molecule has 43 heavy (non-hydrogen) atoms. The monoisotopic (exact) mass is 594 g/mol. The molecule has 2 bridgehead atoms. The van der Waals surface area contributed by atoms with Crippen LogP contribution in [-0.2, 0) is 15.9 Å². The lowest BCUT2D eigenvalue weighted by molar-refractivity contribution is -0.299. The summed E-state index contributed by atoms with van der Waals surface area (Å²) in [6, 6.07) is 26.1. The number of hydrogen-bond acceptors (Lipinski definition) is 4. The lowest BCUT2D eigenvalue weighted by Crippen LogP contribution is -2.68. The largest absolute Gasteiger partial charge is 0.534 e. The first-order chi connectivity index (χ1) is 20.6. The molecule has 3 aliphatic carbocycles. The van der Waals surface area contributed by atoms with E-state index in [2.05, 4.69) is 107 Å². The molecule has 3 aromatic carbocycles. The minimum Gasteiger partial charge on any atom is -0.534 e. The van der Waals surface area contributed by atoms with Crippen LogP contribution in [0, 0.1) is 17.3 Å². The van der Waals surface area contributed by atoms with Crippen LogP contribution in [-0.4, -0.2) is 38.5 Å². The maximum absolute atomic E-state index is 12.4. The average Bonchev–Trinajstić information content (AvgIpc) is 3.30. The second-order valence-corrected chi connectivity index (χ2v) is 18.9. The number of ether oxygens (including phenoxy) is 2. The molecule has 1 N–H and O–H groups in total. The van der Waals surface area contributed by atoms with Crippen LogP contribution in [0.5, 0.6) is 5.75 Å². The Balaban J connectivity index is 1.36. The predicted octanol–water partition coefficient (Wildman–Crippen LogP) is 6.84. The minimum absolute atomic E-state index is 0.0610. The molecule has 1 unspecified atom stereocenters. The maximum atomic E-state index is 12.4. The maximum Gasteiger partial charge on any atom is 0.319 e. The molecule has 2 saturated carbocycles. The lowest BCUT2D eigenvalue weighted by Gasteiger charge is -2.58. The van der Waals surface area contributed by atoms with Crippen LogP contribution in [0.25, 0.3) is 6.08 Å². The van der Waals surface area contributed by atoms with Crippen molar-refractivity contribution in [2.45, 2.75) is 82.6 Å². The molecule has 7 rings (SSSR count). The van der Waals surface area contributed by atoms with Crippen molar-refractivity contribution < 1.29 is 19.0 Å². The molecule has 3 aromatic rings. The lowest BCUT2D eigenvalue weighted by atomic mass is 9.52. The van der Waals surface area contributed by atoms with Crippen LogP contribution in [0.4, 0.5) is 0 Å². The van der Waals surface area contributed by atoms with Gasteiger partial charge in [0.25, 0.3) is 0 Å². The molecular weight excluding hydrogens is 549 g/mol. The Hall–Kier alpha value is -2.70. The quantitative estimate of drug-likeness (QED) is 0.329. The third-order valence-electron chi connectivity index (χ3n) is 11.4. The second kappa shape index (κ2) is 10.4. The Labute approximate surface area is 258 Å². The van der Waals surface area contributed by atoms with E-state index in [1.807, 2.05) is 6.08 Å². The van der Waals surface area contributed by atoms with Crippen molar-refractivity contribution >= 4 is 24.8 Å². The summed E-state index contributed by atoms with van der Waals surface area (Å²) in [4.78, 5) is 0. The Bertz CT molecular complexity index is 1460. The zero-order valence-electron chi connectivity index (χ0n) is 26.1. The smallest absolute Gasteiger partial charge is 0.319 e. The van der Waals surface area contributed by atoms with Gasteiger partial charge in [-0.2, -0.15) is 0 Å². The van der Waals surface area contributed by atoms with Gasteiger partial charge in [0.1, 0.15) is 5.75 Å². The van der Waals surface area contributed by atoms with Crippen molar-refractivity contribution in [2.75, 3.05) is 13.2 Å². The zero-order valence-corrected chi connectivity index (χ0v) is 27.1. The van der Waals surface area contributed by atoms with Crippen molar-refractivity contribution in [1.29, 1.82) is 0 Å². The molecule has 4 aliphatic rings. The summed E-state index contributed by atoms with van der Waals surface area (Å²) in [5, 5.41) is 14.8. The van der Waals surface area contributed by atoms with Gasteiger partial charge in [-0.1, -0.05) is 101 Å². The van der Waals surface area contributed by atoms with E-state index in [0.717, 1.165) is 37.0 Å². The summed E-state index contributed by atoms with van der Waals surface area (Å²) < 4.78 is 20.2. The highest BCUT2D eigenvalue weighted by Gasteiger charge is 2.64. The molecule has 0 spiro atoms. The first kappa shape index (κ1) is 29.0. The van der Waals surface area contributed by atoms with Gasteiger partial charge in [0.15, 0.2) is 5.79 Å². The minimum atomic E-state index is -2.80. The summed E-state index contributed by atoms with van der Waals surface area (Å²) in [6.07, 6.45) is 7.03. The molecule has 226 valence electrons. The predicted molar refractivity (Wildman–Crippen MR) is 175 cm³/mol. The number of aryl methyl sites for hydroxylation is 1. The first-order valence-corrected chi connectivity index (χ1v) is 18.1. The summed E-state index contributed by atoms with van der Waals surface area (Å²) in [5.41, 5.74) is 3.48. The average molecular weight is 595 g/mol. The molecule has 1 aliphatic heterocycles. The van der Waals surface area contributed by atoms with Gasteiger partial charge >= 0.3 is 8.32 Å². The van der Waals surface area contributed by atoms with Crippen molar-refractivity contribution in [1.82, 2.24) is 0 Å². The molecule has 1 saturated heterocycles. The van der Waals surface area contributed by atoms with E-state index in [0.29, 0.717) is 31.5 Å². The Morgan fingerprint density at radius 3 is 2.26 bits per heavy atom. The normalized spacial score (nSPS) is 31.7. The van der Waals surface area contributed by atoms with Gasteiger partial charge in [-0.25, -0.2) is 0 Å². The molecule has 1 heterocycles. The number of hydrogen-bond donors (Lipinski definition) is 1. The summed E-state index contributed by atoms with van der Waals surface area (Å²) in [5.74, 6) is 0.465.